The maximum Gasteiger partial charge on any atom is 0.214 e. The van der Waals surface area contributed by atoms with E-state index in [0.717, 1.165) is 12.8 Å². The van der Waals surface area contributed by atoms with Crippen LogP contribution in [-0.2, 0) is 10.0 Å². The second-order valence-corrected chi connectivity index (χ2v) is 7.51. The molecule has 1 rings (SSSR count). The molecule has 0 aliphatic heterocycles. The van der Waals surface area contributed by atoms with E-state index in [-0.39, 0.29) is 17.7 Å². The van der Waals surface area contributed by atoms with Crippen LogP contribution in [0.3, 0.4) is 0 Å². The van der Waals surface area contributed by atoms with Gasteiger partial charge in [-0.15, -0.1) is 11.6 Å². The molecule has 1 aliphatic rings. The number of halogens is 1. The molecular formula is C11H22ClNO2S. The van der Waals surface area contributed by atoms with Gasteiger partial charge >= 0.3 is 0 Å². The third-order valence-corrected chi connectivity index (χ3v) is 5.29. The SMILES string of the molecule is CC(C)CN(C1CC1)S(=O)(=O)CC(C)CCl. The van der Waals surface area contributed by atoms with Crippen molar-refractivity contribution in [1.29, 1.82) is 0 Å². The fourth-order valence-electron chi connectivity index (χ4n) is 1.71. The molecule has 0 aromatic rings. The molecule has 1 aliphatic carbocycles. The molecule has 0 radical (unpaired) electrons. The molecule has 1 atom stereocenters. The normalized spacial score (nSPS) is 19.4. The Morgan fingerprint density at radius 3 is 2.25 bits per heavy atom. The smallest absolute Gasteiger partial charge is 0.212 e. The standard InChI is InChI=1S/C11H22ClNO2S/c1-9(2)7-13(11-4-5-11)16(14,15)8-10(3)6-12/h9-11H,4-8H2,1-3H3. The minimum Gasteiger partial charge on any atom is -0.212 e. The zero-order chi connectivity index (χ0) is 12.3. The second kappa shape index (κ2) is 5.69. The maximum absolute atomic E-state index is 12.2. The molecule has 0 aromatic heterocycles. The zero-order valence-corrected chi connectivity index (χ0v) is 11.9. The summed E-state index contributed by atoms with van der Waals surface area (Å²) in [6.07, 6.45) is 2.03. The largest absolute Gasteiger partial charge is 0.214 e. The summed E-state index contributed by atoms with van der Waals surface area (Å²) in [6, 6.07) is 0.259. The first-order valence-corrected chi connectivity index (χ1v) is 8.06. The van der Waals surface area contributed by atoms with Gasteiger partial charge in [0.1, 0.15) is 0 Å². The lowest BCUT2D eigenvalue weighted by Crippen LogP contribution is -2.39. The van der Waals surface area contributed by atoms with Gasteiger partial charge in [0.25, 0.3) is 0 Å². The summed E-state index contributed by atoms with van der Waals surface area (Å²) in [5.74, 6) is 0.987. The van der Waals surface area contributed by atoms with Gasteiger partial charge in [-0.1, -0.05) is 20.8 Å². The Hall–Kier alpha value is 0.200. The van der Waals surface area contributed by atoms with Crippen molar-refractivity contribution in [2.45, 2.75) is 39.7 Å². The van der Waals surface area contributed by atoms with Gasteiger partial charge in [0.15, 0.2) is 0 Å². The lowest BCUT2D eigenvalue weighted by molar-refractivity contribution is 0.358. The molecule has 16 heavy (non-hydrogen) atoms. The molecule has 1 unspecified atom stereocenters. The Labute approximate surface area is 104 Å². The van der Waals surface area contributed by atoms with E-state index in [1.54, 1.807) is 4.31 Å². The van der Waals surface area contributed by atoms with E-state index in [1.807, 2.05) is 6.92 Å². The van der Waals surface area contributed by atoms with Gasteiger partial charge in [-0.05, 0) is 24.7 Å². The van der Waals surface area contributed by atoms with Gasteiger partial charge in [0.05, 0.1) is 5.75 Å². The first-order chi connectivity index (χ1) is 7.36. The summed E-state index contributed by atoms with van der Waals surface area (Å²) in [6.45, 7) is 6.62. The summed E-state index contributed by atoms with van der Waals surface area (Å²) in [4.78, 5) is 0. The van der Waals surface area contributed by atoms with Crippen LogP contribution < -0.4 is 0 Å². The predicted octanol–water partition coefficient (Wildman–Crippen LogP) is 2.31. The molecule has 5 heteroatoms. The molecule has 3 nitrogen and oxygen atoms in total. The highest BCUT2D eigenvalue weighted by molar-refractivity contribution is 7.89. The molecule has 0 amide bonds. The van der Waals surface area contributed by atoms with E-state index in [0.29, 0.717) is 18.3 Å². The highest BCUT2D eigenvalue weighted by Gasteiger charge is 2.37. The van der Waals surface area contributed by atoms with Crippen molar-refractivity contribution in [1.82, 2.24) is 4.31 Å². The van der Waals surface area contributed by atoms with Gasteiger partial charge < -0.3 is 0 Å². The molecule has 0 spiro atoms. The van der Waals surface area contributed by atoms with Crippen molar-refractivity contribution in [3.05, 3.63) is 0 Å². The second-order valence-electron chi connectivity index (χ2n) is 5.23. The molecule has 1 saturated carbocycles. The molecule has 96 valence electrons. The van der Waals surface area contributed by atoms with Crippen molar-refractivity contribution >= 4 is 21.6 Å². The fraction of sp³-hybridized carbons (Fsp3) is 1.00. The first-order valence-electron chi connectivity index (χ1n) is 5.92. The van der Waals surface area contributed by atoms with Gasteiger partial charge in [-0.3, -0.25) is 0 Å². The zero-order valence-electron chi connectivity index (χ0n) is 10.3. The third kappa shape index (κ3) is 4.22. The summed E-state index contributed by atoms with van der Waals surface area (Å²) < 4.78 is 26.1. The Bertz CT molecular complexity index is 312. The number of hydrogen-bond donors (Lipinski definition) is 0. The molecule has 1 fully saturated rings. The van der Waals surface area contributed by atoms with Crippen LogP contribution in [0.1, 0.15) is 33.6 Å². The molecular weight excluding hydrogens is 246 g/mol. The van der Waals surface area contributed by atoms with Gasteiger partial charge in [-0.25, -0.2) is 8.42 Å². The van der Waals surface area contributed by atoms with Crippen LogP contribution in [0.4, 0.5) is 0 Å². The van der Waals surface area contributed by atoms with Crippen molar-refractivity contribution in [3.63, 3.8) is 0 Å². The number of hydrogen-bond acceptors (Lipinski definition) is 2. The summed E-state index contributed by atoms with van der Waals surface area (Å²) in [7, 11) is -3.12. The number of sulfonamides is 1. The van der Waals surface area contributed by atoms with Crippen molar-refractivity contribution in [3.8, 4) is 0 Å². The van der Waals surface area contributed by atoms with Crippen molar-refractivity contribution in [2.75, 3.05) is 18.2 Å². The maximum atomic E-state index is 12.2. The van der Waals surface area contributed by atoms with Crippen LogP contribution in [0, 0.1) is 11.8 Å². The quantitative estimate of drug-likeness (QED) is 0.664. The Balaban J connectivity index is 2.68. The van der Waals surface area contributed by atoms with E-state index in [4.69, 9.17) is 11.6 Å². The highest BCUT2D eigenvalue weighted by atomic mass is 35.5. The number of rotatable bonds is 7. The molecule has 0 aromatic carbocycles. The van der Waals surface area contributed by atoms with Gasteiger partial charge in [-0.2, -0.15) is 4.31 Å². The highest BCUT2D eigenvalue weighted by Crippen LogP contribution is 2.30. The van der Waals surface area contributed by atoms with Gasteiger partial charge in [0.2, 0.25) is 10.0 Å². The average molecular weight is 268 g/mol. The Kier molecular flexibility index (Phi) is 5.08. The summed E-state index contributed by atoms with van der Waals surface area (Å²) >= 11 is 5.68. The van der Waals surface area contributed by atoms with E-state index in [9.17, 15) is 8.42 Å². The molecule has 0 saturated heterocycles. The molecule has 0 N–H and O–H groups in total. The van der Waals surface area contributed by atoms with E-state index >= 15 is 0 Å². The van der Waals surface area contributed by atoms with Crippen LogP contribution in [0.2, 0.25) is 0 Å². The minimum absolute atomic E-state index is 0.0279. The van der Waals surface area contributed by atoms with Crippen LogP contribution in [0.5, 0.6) is 0 Å². The summed E-state index contributed by atoms with van der Waals surface area (Å²) in [5.41, 5.74) is 0. The van der Waals surface area contributed by atoms with Crippen LogP contribution in [0.15, 0.2) is 0 Å². The third-order valence-electron chi connectivity index (χ3n) is 2.62. The van der Waals surface area contributed by atoms with Crippen LogP contribution in [-0.4, -0.2) is 36.9 Å². The summed E-state index contributed by atoms with van der Waals surface area (Å²) in [5, 5.41) is 0. The molecule has 0 heterocycles. The Morgan fingerprint density at radius 1 is 1.31 bits per heavy atom. The van der Waals surface area contributed by atoms with Crippen molar-refractivity contribution < 1.29 is 8.42 Å². The predicted molar refractivity (Wildman–Crippen MR) is 68.2 cm³/mol. The lowest BCUT2D eigenvalue weighted by atomic mass is 10.2. The topological polar surface area (TPSA) is 37.4 Å². The van der Waals surface area contributed by atoms with Gasteiger partial charge in [0, 0.05) is 18.5 Å². The number of nitrogens with zero attached hydrogens (tertiary/aromatic N) is 1. The van der Waals surface area contributed by atoms with Crippen LogP contribution in [0.25, 0.3) is 0 Å². The number of alkyl halides is 1. The average Bonchev–Trinajstić information content (AvgIpc) is 2.96. The van der Waals surface area contributed by atoms with Crippen LogP contribution >= 0.6 is 11.6 Å². The fourth-order valence-corrected chi connectivity index (χ4v) is 4.17. The minimum atomic E-state index is -3.12. The lowest BCUT2D eigenvalue weighted by Gasteiger charge is -2.24. The van der Waals surface area contributed by atoms with E-state index in [2.05, 4.69) is 13.8 Å². The van der Waals surface area contributed by atoms with Crippen molar-refractivity contribution in [2.24, 2.45) is 11.8 Å². The first kappa shape index (κ1) is 14.3. The Morgan fingerprint density at radius 2 is 1.88 bits per heavy atom. The van der Waals surface area contributed by atoms with E-state index < -0.39 is 10.0 Å². The van der Waals surface area contributed by atoms with E-state index in [1.165, 1.54) is 0 Å². The monoisotopic (exact) mass is 267 g/mol. The molecule has 0 bridgehead atoms.